The zero-order valence-electron chi connectivity index (χ0n) is 17.9. The highest BCUT2D eigenvalue weighted by molar-refractivity contribution is 7.92. The quantitative estimate of drug-likeness (QED) is 0.388. The summed E-state index contributed by atoms with van der Waals surface area (Å²) >= 11 is 0. The van der Waals surface area contributed by atoms with Crippen LogP contribution in [0, 0.1) is 13.8 Å². The molecule has 4 rings (SSSR count). The lowest BCUT2D eigenvalue weighted by molar-refractivity contribution is 0.0831. The van der Waals surface area contributed by atoms with Crippen LogP contribution in [0.3, 0.4) is 0 Å². The Morgan fingerprint density at radius 2 is 1.42 bits per heavy atom. The Labute approximate surface area is 190 Å². The standard InChI is InChI=1S/C24H21N3O5S/c1-15-7-3-5-9-20(15)27-33(30,31)18-13-11-17(12-14-18)23(28)25-26-24(29)22-16(2)19-8-4-6-10-21(19)32-22/h3-14,27H,1-2H3,(H,25,28)(H,26,29). The normalized spacial score (nSPS) is 11.2. The van der Waals surface area contributed by atoms with Gasteiger partial charge < -0.3 is 4.42 Å². The van der Waals surface area contributed by atoms with Gasteiger partial charge in [0.05, 0.1) is 10.6 Å². The molecule has 0 saturated carbocycles. The van der Waals surface area contributed by atoms with Gasteiger partial charge in [-0.2, -0.15) is 0 Å². The van der Waals surface area contributed by atoms with Crippen LogP contribution in [0.1, 0.15) is 32.0 Å². The molecule has 8 nitrogen and oxygen atoms in total. The molecule has 0 saturated heterocycles. The number of hydrogen-bond acceptors (Lipinski definition) is 5. The summed E-state index contributed by atoms with van der Waals surface area (Å²) in [6.45, 7) is 3.55. The number of hydrogen-bond donors (Lipinski definition) is 3. The maximum absolute atomic E-state index is 12.6. The van der Waals surface area contributed by atoms with Gasteiger partial charge in [0.1, 0.15) is 5.58 Å². The fourth-order valence-electron chi connectivity index (χ4n) is 3.31. The Balaban J connectivity index is 1.42. The number of carbonyl (C=O) groups is 2. The van der Waals surface area contributed by atoms with E-state index in [1.54, 1.807) is 44.2 Å². The number of anilines is 1. The molecular formula is C24H21N3O5S. The number of rotatable bonds is 5. The van der Waals surface area contributed by atoms with E-state index in [1.807, 2.05) is 18.2 Å². The van der Waals surface area contributed by atoms with E-state index in [0.29, 0.717) is 16.8 Å². The van der Waals surface area contributed by atoms with E-state index in [-0.39, 0.29) is 16.2 Å². The van der Waals surface area contributed by atoms with Gasteiger partial charge >= 0.3 is 5.91 Å². The molecule has 1 heterocycles. The monoisotopic (exact) mass is 463 g/mol. The van der Waals surface area contributed by atoms with Gasteiger partial charge in [0.25, 0.3) is 15.9 Å². The number of amides is 2. The molecule has 0 spiro atoms. The van der Waals surface area contributed by atoms with Gasteiger partial charge in [0.2, 0.25) is 0 Å². The number of benzene rings is 3. The lowest BCUT2D eigenvalue weighted by Gasteiger charge is -2.11. The predicted molar refractivity (Wildman–Crippen MR) is 124 cm³/mol. The second kappa shape index (κ2) is 8.79. The molecular weight excluding hydrogens is 442 g/mol. The molecule has 0 bridgehead atoms. The van der Waals surface area contributed by atoms with E-state index in [2.05, 4.69) is 15.6 Å². The van der Waals surface area contributed by atoms with Crippen molar-refractivity contribution >= 4 is 38.5 Å². The summed E-state index contributed by atoms with van der Waals surface area (Å²) in [5.74, 6) is -1.10. The van der Waals surface area contributed by atoms with Crippen molar-refractivity contribution < 1.29 is 22.4 Å². The minimum Gasteiger partial charge on any atom is -0.451 e. The number of para-hydroxylation sites is 2. The summed E-state index contributed by atoms with van der Waals surface area (Å²) in [6.07, 6.45) is 0. The molecule has 2 amide bonds. The smallest absolute Gasteiger partial charge is 0.305 e. The minimum absolute atomic E-state index is 0.00393. The molecule has 0 aliphatic carbocycles. The van der Waals surface area contributed by atoms with Crippen molar-refractivity contribution in [3.8, 4) is 0 Å². The van der Waals surface area contributed by atoms with Crippen LogP contribution in [0.15, 0.2) is 82.1 Å². The second-order valence-electron chi connectivity index (χ2n) is 7.41. The Morgan fingerprint density at radius 3 is 2.12 bits per heavy atom. The van der Waals surface area contributed by atoms with Crippen molar-refractivity contribution in [3.63, 3.8) is 0 Å². The van der Waals surface area contributed by atoms with E-state index in [1.165, 1.54) is 24.3 Å². The fraction of sp³-hybridized carbons (Fsp3) is 0.0833. The highest BCUT2D eigenvalue weighted by Crippen LogP contribution is 2.24. The van der Waals surface area contributed by atoms with E-state index in [4.69, 9.17) is 4.42 Å². The summed E-state index contributed by atoms with van der Waals surface area (Å²) in [6, 6.07) is 19.6. The maximum Gasteiger partial charge on any atom is 0.305 e. The molecule has 3 N–H and O–H groups in total. The third-order valence-corrected chi connectivity index (χ3v) is 6.54. The van der Waals surface area contributed by atoms with Gasteiger partial charge in [-0.1, -0.05) is 36.4 Å². The molecule has 1 aromatic heterocycles. The van der Waals surface area contributed by atoms with Gasteiger partial charge in [0, 0.05) is 16.5 Å². The van der Waals surface area contributed by atoms with Crippen molar-refractivity contribution in [1.82, 2.24) is 10.9 Å². The SMILES string of the molecule is Cc1ccccc1NS(=O)(=O)c1ccc(C(=O)NNC(=O)c2oc3ccccc3c2C)cc1. The van der Waals surface area contributed by atoms with Crippen LogP contribution >= 0.6 is 0 Å². The average Bonchev–Trinajstić information content (AvgIpc) is 3.15. The first-order chi connectivity index (χ1) is 15.8. The first-order valence-electron chi connectivity index (χ1n) is 10.0. The molecule has 168 valence electrons. The number of nitrogens with one attached hydrogen (secondary N) is 3. The van der Waals surface area contributed by atoms with Crippen molar-refractivity contribution in [2.45, 2.75) is 18.7 Å². The van der Waals surface area contributed by atoms with Crippen LogP contribution in [0.5, 0.6) is 0 Å². The third-order valence-electron chi connectivity index (χ3n) is 5.16. The summed E-state index contributed by atoms with van der Waals surface area (Å²) in [5, 5.41) is 0.810. The summed E-state index contributed by atoms with van der Waals surface area (Å²) in [4.78, 5) is 24.9. The van der Waals surface area contributed by atoms with Crippen LogP contribution in [-0.4, -0.2) is 20.2 Å². The summed E-state index contributed by atoms with van der Waals surface area (Å²) < 4.78 is 33.4. The molecule has 0 aliphatic heterocycles. The van der Waals surface area contributed by atoms with Crippen LogP contribution in [0.25, 0.3) is 11.0 Å². The molecule has 0 unspecified atom stereocenters. The van der Waals surface area contributed by atoms with Crippen molar-refractivity contribution in [1.29, 1.82) is 0 Å². The molecule has 0 fully saturated rings. The lowest BCUT2D eigenvalue weighted by atomic mass is 10.1. The molecule has 0 radical (unpaired) electrons. The van der Waals surface area contributed by atoms with Crippen molar-refractivity contribution in [2.75, 3.05) is 4.72 Å². The Morgan fingerprint density at radius 1 is 0.788 bits per heavy atom. The lowest BCUT2D eigenvalue weighted by Crippen LogP contribution is -2.41. The third kappa shape index (κ3) is 4.58. The maximum atomic E-state index is 12.6. The fourth-order valence-corrected chi connectivity index (χ4v) is 4.44. The Hall–Kier alpha value is -4.11. The summed E-state index contributed by atoms with van der Waals surface area (Å²) in [7, 11) is -3.82. The number of sulfonamides is 1. The first kappa shape index (κ1) is 22.1. The van der Waals surface area contributed by atoms with Crippen LogP contribution in [0.4, 0.5) is 5.69 Å². The predicted octanol–water partition coefficient (Wildman–Crippen LogP) is 3.93. The number of fused-ring (bicyclic) bond motifs is 1. The zero-order valence-corrected chi connectivity index (χ0v) is 18.7. The van der Waals surface area contributed by atoms with Gasteiger partial charge in [-0.3, -0.25) is 25.2 Å². The number of hydrazine groups is 1. The van der Waals surface area contributed by atoms with Gasteiger partial charge in [0.15, 0.2) is 5.76 Å². The second-order valence-corrected chi connectivity index (χ2v) is 9.09. The van der Waals surface area contributed by atoms with Gasteiger partial charge in [-0.05, 0) is 55.8 Å². The number of furan rings is 1. The highest BCUT2D eigenvalue weighted by Gasteiger charge is 2.19. The number of carbonyl (C=O) groups excluding carboxylic acids is 2. The largest absolute Gasteiger partial charge is 0.451 e. The number of aryl methyl sites for hydroxylation is 2. The summed E-state index contributed by atoms with van der Waals surface area (Å²) in [5.41, 5.74) is 7.30. The topological polar surface area (TPSA) is 118 Å². The van der Waals surface area contributed by atoms with Gasteiger partial charge in [-0.25, -0.2) is 8.42 Å². The Bertz CT molecular complexity index is 1460. The van der Waals surface area contributed by atoms with E-state index < -0.39 is 21.8 Å². The van der Waals surface area contributed by atoms with Gasteiger partial charge in [-0.15, -0.1) is 0 Å². The van der Waals surface area contributed by atoms with Crippen molar-refractivity contribution in [2.24, 2.45) is 0 Å². The molecule has 9 heteroatoms. The van der Waals surface area contributed by atoms with Crippen molar-refractivity contribution in [3.05, 3.63) is 95.2 Å². The van der Waals surface area contributed by atoms with E-state index >= 15 is 0 Å². The minimum atomic E-state index is -3.82. The molecule has 4 aromatic rings. The molecule has 0 aliphatic rings. The zero-order chi connectivity index (χ0) is 23.6. The molecule has 0 atom stereocenters. The van der Waals surface area contributed by atoms with Crippen LogP contribution in [-0.2, 0) is 10.0 Å². The molecule has 33 heavy (non-hydrogen) atoms. The van der Waals surface area contributed by atoms with Crippen LogP contribution < -0.4 is 15.6 Å². The first-order valence-corrected chi connectivity index (χ1v) is 11.5. The average molecular weight is 464 g/mol. The van der Waals surface area contributed by atoms with E-state index in [0.717, 1.165) is 10.9 Å². The van der Waals surface area contributed by atoms with E-state index in [9.17, 15) is 18.0 Å². The molecule has 3 aromatic carbocycles. The Kier molecular flexibility index (Phi) is 5.89. The van der Waals surface area contributed by atoms with Crippen LogP contribution in [0.2, 0.25) is 0 Å². The highest BCUT2D eigenvalue weighted by atomic mass is 32.2.